The molecule has 1 fully saturated rings. The van der Waals surface area contributed by atoms with Gasteiger partial charge in [-0.05, 0) is 31.6 Å². The number of hydrogen-bond acceptors (Lipinski definition) is 6. The van der Waals surface area contributed by atoms with Gasteiger partial charge in [-0.25, -0.2) is 23.1 Å². The van der Waals surface area contributed by atoms with Crippen molar-refractivity contribution in [3.05, 3.63) is 12.4 Å². The van der Waals surface area contributed by atoms with E-state index < -0.39 is 10.0 Å². The van der Waals surface area contributed by atoms with Gasteiger partial charge in [-0.15, -0.1) is 0 Å². The minimum atomic E-state index is -3.55. The standard InChI is InChI=1S/C13H22N4O3S/c1-3-14-12-15-8-11(9-16-12)21(18,19)17-10-13(4-5-13)6-7-20-2/h8-9,17H,3-7,10H2,1-2H3,(H,14,15,16). The van der Waals surface area contributed by atoms with E-state index in [0.717, 1.165) is 19.3 Å². The Bertz CT molecular complexity index is 555. The van der Waals surface area contributed by atoms with E-state index in [1.165, 1.54) is 12.4 Å². The smallest absolute Gasteiger partial charge is 0.243 e. The Balaban J connectivity index is 1.95. The highest BCUT2D eigenvalue weighted by Crippen LogP contribution is 2.48. The molecule has 21 heavy (non-hydrogen) atoms. The lowest BCUT2D eigenvalue weighted by Crippen LogP contribution is -2.31. The Morgan fingerprint density at radius 3 is 2.52 bits per heavy atom. The quantitative estimate of drug-likeness (QED) is 0.706. The van der Waals surface area contributed by atoms with Gasteiger partial charge in [0.2, 0.25) is 16.0 Å². The van der Waals surface area contributed by atoms with Gasteiger partial charge < -0.3 is 10.1 Å². The van der Waals surface area contributed by atoms with Gasteiger partial charge in [0.15, 0.2) is 0 Å². The first kappa shape index (κ1) is 16.1. The van der Waals surface area contributed by atoms with Crippen LogP contribution in [0.3, 0.4) is 0 Å². The van der Waals surface area contributed by atoms with Crippen LogP contribution < -0.4 is 10.0 Å². The molecule has 1 aromatic heterocycles. The lowest BCUT2D eigenvalue weighted by molar-refractivity contribution is 0.173. The highest BCUT2D eigenvalue weighted by Gasteiger charge is 2.42. The number of anilines is 1. The molecule has 8 heteroatoms. The molecule has 7 nitrogen and oxygen atoms in total. The van der Waals surface area contributed by atoms with Crippen LogP contribution in [-0.4, -0.2) is 45.2 Å². The van der Waals surface area contributed by atoms with Crippen LogP contribution >= 0.6 is 0 Å². The summed E-state index contributed by atoms with van der Waals surface area (Å²) in [7, 11) is -1.90. The molecule has 0 amide bonds. The molecule has 0 radical (unpaired) electrons. The highest BCUT2D eigenvalue weighted by molar-refractivity contribution is 7.89. The first-order valence-corrected chi connectivity index (χ1v) is 8.54. The fourth-order valence-corrected chi connectivity index (χ4v) is 3.09. The number of methoxy groups -OCH3 is 1. The minimum absolute atomic E-state index is 0.0631. The van der Waals surface area contributed by atoms with Crippen molar-refractivity contribution in [2.24, 2.45) is 5.41 Å². The fraction of sp³-hybridized carbons (Fsp3) is 0.692. The van der Waals surface area contributed by atoms with Crippen molar-refractivity contribution in [2.45, 2.75) is 31.1 Å². The third-order valence-electron chi connectivity index (χ3n) is 3.70. The number of nitrogens with one attached hydrogen (secondary N) is 2. The van der Waals surface area contributed by atoms with Crippen molar-refractivity contribution < 1.29 is 13.2 Å². The monoisotopic (exact) mass is 314 g/mol. The molecule has 1 aliphatic carbocycles. The van der Waals surface area contributed by atoms with Crippen LogP contribution in [0.4, 0.5) is 5.95 Å². The van der Waals surface area contributed by atoms with E-state index in [4.69, 9.17) is 4.74 Å². The maximum atomic E-state index is 12.2. The molecule has 0 aliphatic heterocycles. The zero-order valence-corrected chi connectivity index (χ0v) is 13.2. The average molecular weight is 314 g/mol. The number of nitrogens with zero attached hydrogens (tertiary/aromatic N) is 2. The number of sulfonamides is 1. The van der Waals surface area contributed by atoms with Crippen LogP contribution in [0, 0.1) is 5.41 Å². The molecule has 2 N–H and O–H groups in total. The van der Waals surface area contributed by atoms with E-state index in [9.17, 15) is 8.42 Å². The first-order valence-electron chi connectivity index (χ1n) is 7.06. The summed E-state index contributed by atoms with van der Waals surface area (Å²) in [5.41, 5.74) is 0.0631. The lowest BCUT2D eigenvalue weighted by Gasteiger charge is -2.15. The zero-order chi connectivity index (χ0) is 15.3. The summed E-state index contributed by atoms with van der Waals surface area (Å²) < 4.78 is 32.1. The molecular weight excluding hydrogens is 292 g/mol. The number of rotatable bonds is 9. The summed E-state index contributed by atoms with van der Waals surface area (Å²) in [6, 6.07) is 0. The second-order valence-corrected chi connectivity index (χ2v) is 7.11. The van der Waals surface area contributed by atoms with E-state index >= 15 is 0 Å². The van der Waals surface area contributed by atoms with Crippen molar-refractivity contribution in [1.29, 1.82) is 0 Å². The Labute approximate surface area is 125 Å². The molecule has 1 heterocycles. The molecule has 0 spiro atoms. The highest BCUT2D eigenvalue weighted by atomic mass is 32.2. The van der Waals surface area contributed by atoms with Crippen molar-refractivity contribution >= 4 is 16.0 Å². The zero-order valence-electron chi connectivity index (χ0n) is 12.4. The SMILES string of the molecule is CCNc1ncc(S(=O)(=O)NCC2(CCOC)CC2)cn1. The molecule has 1 saturated carbocycles. The molecule has 118 valence electrons. The van der Waals surface area contributed by atoms with Crippen molar-refractivity contribution in [3.63, 3.8) is 0 Å². The Hall–Kier alpha value is -1.25. The predicted octanol–water partition coefficient (Wildman–Crippen LogP) is 1.00. The van der Waals surface area contributed by atoms with Crippen LogP contribution in [-0.2, 0) is 14.8 Å². The molecule has 0 bridgehead atoms. The van der Waals surface area contributed by atoms with E-state index in [1.807, 2.05) is 6.92 Å². The summed E-state index contributed by atoms with van der Waals surface area (Å²) in [6.45, 7) is 3.70. The maximum absolute atomic E-state index is 12.2. The van der Waals surface area contributed by atoms with Crippen LogP contribution in [0.2, 0.25) is 0 Å². The second-order valence-electron chi connectivity index (χ2n) is 5.34. The average Bonchev–Trinajstić information content (AvgIpc) is 3.25. The summed E-state index contributed by atoms with van der Waals surface area (Å²) in [5, 5.41) is 2.92. The molecule has 0 aromatic carbocycles. The van der Waals surface area contributed by atoms with E-state index in [-0.39, 0.29) is 10.3 Å². The fourth-order valence-electron chi connectivity index (χ4n) is 2.05. The van der Waals surface area contributed by atoms with Gasteiger partial charge in [-0.3, -0.25) is 0 Å². The molecule has 0 saturated heterocycles. The van der Waals surface area contributed by atoms with Gasteiger partial charge in [0.25, 0.3) is 0 Å². The Morgan fingerprint density at radius 2 is 2.00 bits per heavy atom. The van der Waals surface area contributed by atoms with Gasteiger partial charge in [-0.1, -0.05) is 0 Å². The maximum Gasteiger partial charge on any atom is 0.243 e. The molecule has 0 unspecified atom stereocenters. The van der Waals surface area contributed by atoms with E-state index in [1.54, 1.807) is 7.11 Å². The summed E-state index contributed by atoms with van der Waals surface area (Å²) >= 11 is 0. The van der Waals surface area contributed by atoms with Gasteiger partial charge in [-0.2, -0.15) is 0 Å². The van der Waals surface area contributed by atoms with Crippen LogP contribution in [0.1, 0.15) is 26.2 Å². The van der Waals surface area contributed by atoms with Gasteiger partial charge in [0.05, 0.1) is 12.4 Å². The van der Waals surface area contributed by atoms with Gasteiger partial charge in [0.1, 0.15) is 4.90 Å². The summed E-state index contributed by atoms with van der Waals surface area (Å²) in [6.07, 6.45) is 5.59. The van der Waals surface area contributed by atoms with E-state index in [0.29, 0.717) is 25.6 Å². The summed E-state index contributed by atoms with van der Waals surface area (Å²) in [4.78, 5) is 8.06. The predicted molar refractivity (Wildman–Crippen MR) is 79.5 cm³/mol. The van der Waals surface area contributed by atoms with E-state index in [2.05, 4.69) is 20.0 Å². The third kappa shape index (κ3) is 4.36. The molecule has 1 aliphatic rings. The number of hydrogen-bond donors (Lipinski definition) is 2. The van der Waals surface area contributed by atoms with Crippen molar-refractivity contribution in [1.82, 2.24) is 14.7 Å². The van der Waals surface area contributed by atoms with Crippen LogP contribution in [0.15, 0.2) is 17.3 Å². The number of aromatic nitrogens is 2. The van der Waals surface area contributed by atoms with Crippen LogP contribution in [0.25, 0.3) is 0 Å². The van der Waals surface area contributed by atoms with Gasteiger partial charge >= 0.3 is 0 Å². The minimum Gasteiger partial charge on any atom is -0.385 e. The normalized spacial score (nSPS) is 16.7. The molecule has 1 aromatic rings. The van der Waals surface area contributed by atoms with Crippen LogP contribution in [0.5, 0.6) is 0 Å². The molecule has 0 atom stereocenters. The largest absolute Gasteiger partial charge is 0.385 e. The first-order chi connectivity index (χ1) is 10.0. The van der Waals surface area contributed by atoms with Crippen molar-refractivity contribution in [3.8, 4) is 0 Å². The van der Waals surface area contributed by atoms with Crippen molar-refractivity contribution in [2.75, 3.05) is 32.1 Å². The number of ether oxygens (including phenoxy) is 1. The Kier molecular flexibility index (Phi) is 5.13. The summed E-state index contributed by atoms with van der Waals surface area (Å²) in [5.74, 6) is 0.426. The van der Waals surface area contributed by atoms with Gasteiger partial charge in [0, 0.05) is 26.8 Å². The third-order valence-corrected chi connectivity index (χ3v) is 5.06. The lowest BCUT2D eigenvalue weighted by atomic mass is 10.0. The molecule has 2 rings (SSSR count). The molecular formula is C13H22N4O3S. The second kappa shape index (κ2) is 6.67. The Morgan fingerprint density at radius 1 is 1.33 bits per heavy atom. The topological polar surface area (TPSA) is 93.2 Å².